The fraction of sp³-hybridized carbons (Fsp3) is 0.263. The number of H-pyrrole nitrogens is 1. The van der Waals surface area contributed by atoms with Crippen LogP contribution in [0, 0.1) is 5.92 Å². The first kappa shape index (κ1) is 13.7. The molecule has 1 aliphatic heterocycles. The highest BCUT2D eigenvalue weighted by Crippen LogP contribution is 2.30. The summed E-state index contributed by atoms with van der Waals surface area (Å²) >= 11 is 0. The lowest BCUT2D eigenvalue weighted by molar-refractivity contribution is 0.181. The molecular formula is C19H18N4O. The Labute approximate surface area is 139 Å². The highest BCUT2D eigenvalue weighted by molar-refractivity contribution is 5.97. The van der Waals surface area contributed by atoms with Gasteiger partial charge in [-0.15, -0.1) is 5.10 Å². The van der Waals surface area contributed by atoms with E-state index in [0.717, 1.165) is 48.3 Å². The summed E-state index contributed by atoms with van der Waals surface area (Å²) in [6, 6.07) is 14.8. The second-order valence-corrected chi connectivity index (χ2v) is 6.45. The van der Waals surface area contributed by atoms with Crippen LogP contribution in [-0.2, 0) is 11.3 Å². The molecule has 120 valence electrons. The van der Waals surface area contributed by atoms with Crippen LogP contribution in [0.25, 0.3) is 33.1 Å². The molecule has 0 spiro atoms. The van der Waals surface area contributed by atoms with Crippen molar-refractivity contribution in [2.45, 2.75) is 13.0 Å². The summed E-state index contributed by atoms with van der Waals surface area (Å²) in [6.45, 7) is 2.57. The maximum Gasteiger partial charge on any atom is 0.113 e. The second-order valence-electron chi connectivity index (χ2n) is 6.45. The predicted octanol–water partition coefficient (Wildman–Crippen LogP) is 3.62. The SMILES string of the molecule is c1ccc2c(-c3ccc4c(c3)nnn4CC3CCOC3)c[nH]c2c1. The van der Waals surface area contributed by atoms with Crippen molar-refractivity contribution in [1.29, 1.82) is 0 Å². The molecule has 2 aromatic carbocycles. The molecule has 1 aliphatic rings. The molecule has 1 N–H and O–H groups in total. The summed E-state index contributed by atoms with van der Waals surface area (Å²) in [5, 5.41) is 9.95. The van der Waals surface area contributed by atoms with E-state index in [0.29, 0.717) is 5.92 Å². The molecule has 5 heteroatoms. The highest BCUT2D eigenvalue weighted by atomic mass is 16.5. The van der Waals surface area contributed by atoms with Crippen molar-refractivity contribution >= 4 is 21.9 Å². The zero-order chi connectivity index (χ0) is 15.9. The normalized spacial score (nSPS) is 17.9. The number of hydrogen-bond donors (Lipinski definition) is 1. The number of ether oxygens (including phenoxy) is 1. The largest absolute Gasteiger partial charge is 0.381 e. The average Bonchev–Trinajstić information content (AvgIpc) is 3.35. The van der Waals surface area contributed by atoms with Gasteiger partial charge in [0, 0.05) is 41.7 Å². The van der Waals surface area contributed by atoms with E-state index < -0.39 is 0 Å². The number of nitrogens with zero attached hydrogens (tertiary/aromatic N) is 3. The van der Waals surface area contributed by atoms with Gasteiger partial charge in [0.1, 0.15) is 5.52 Å². The number of nitrogens with one attached hydrogen (secondary N) is 1. The first-order valence-corrected chi connectivity index (χ1v) is 8.36. The second kappa shape index (κ2) is 5.46. The Morgan fingerprint density at radius 3 is 3.08 bits per heavy atom. The number of para-hydroxylation sites is 1. The Kier molecular flexibility index (Phi) is 3.13. The minimum Gasteiger partial charge on any atom is -0.381 e. The van der Waals surface area contributed by atoms with Gasteiger partial charge >= 0.3 is 0 Å². The van der Waals surface area contributed by atoms with Crippen molar-refractivity contribution < 1.29 is 4.74 Å². The van der Waals surface area contributed by atoms with Crippen LogP contribution in [0.2, 0.25) is 0 Å². The van der Waals surface area contributed by atoms with Crippen LogP contribution in [0.1, 0.15) is 6.42 Å². The third-order valence-corrected chi connectivity index (χ3v) is 4.87. The van der Waals surface area contributed by atoms with E-state index in [-0.39, 0.29) is 0 Å². The van der Waals surface area contributed by atoms with Crippen molar-refractivity contribution in [2.24, 2.45) is 5.92 Å². The minimum absolute atomic E-state index is 0.545. The topological polar surface area (TPSA) is 55.7 Å². The maximum atomic E-state index is 5.46. The lowest BCUT2D eigenvalue weighted by Gasteiger charge is -2.07. The van der Waals surface area contributed by atoms with Gasteiger partial charge in [-0.3, -0.25) is 0 Å². The molecule has 1 saturated heterocycles. The van der Waals surface area contributed by atoms with E-state index >= 15 is 0 Å². The van der Waals surface area contributed by atoms with Gasteiger partial charge in [-0.2, -0.15) is 0 Å². The van der Waals surface area contributed by atoms with Crippen LogP contribution in [0.3, 0.4) is 0 Å². The van der Waals surface area contributed by atoms with Gasteiger partial charge in [-0.1, -0.05) is 29.5 Å². The van der Waals surface area contributed by atoms with Gasteiger partial charge in [-0.05, 0) is 30.2 Å². The summed E-state index contributed by atoms with van der Waals surface area (Å²) in [5.74, 6) is 0.545. The molecule has 24 heavy (non-hydrogen) atoms. The Balaban J connectivity index is 1.54. The summed E-state index contributed by atoms with van der Waals surface area (Å²) in [4.78, 5) is 3.33. The Morgan fingerprint density at radius 1 is 1.21 bits per heavy atom. The van der Waals surface area contributed by atoms with Crippen LogP contribution in [0.4, 0.5) is 0 Å². The molecule has 5 rings (SSSR count). The molecule has 0 bridgehead atoms. The third kappa shape index (κ3) is 2.20. The van der Waals surface area contributed by atoms with Crippen molar-refractivity contribution in [3.63, 3.8) is 0 Å². The third-order valence-electron chi connectivity index (χ3n) is 4.87. The lowest BCUT2D eigenvalue weighted by atomic mass is 10.0. The van der Waals surface area contributed by atoms with Crippen molar-refractivity contribution in [3.8, 4) is 11.1 Å². The molecule has 0 aliphatic carbocycles. The first-order valence-electron chi connectivity index (χ1n) is 8.36. The molecule has 0 radical (unpaired) electrons. The van der Waals surface area contributed by atoms with Gasteiger partial charge < -0.3 is 9.72 Å². The fourth-order valence-electron chi connectivity index (χ4n) is 3.56. The van der Waals surface area contributed by atoms with Crippen molar-refractivity contribution in [2.75, 3.05) is 13.2 Å². The summed E-state index contributed by atoms with van der Waals surface area (Å²) < 4.78 is 7.47. The zero-order valence-electron chi connectivity index (χ0n) is 13.3. The van der Waals surface area contributed by atoms with E-state index in [1.165, 1.54) is 10.9 Å². The van der Waals surface area contributed by atoms with Gasteiger partial charge in [0.05, 0.1) is 12.1 Å². The summed E-state index contributed by atoms with van der Waals surface area (Å²) in [6.07, 6.45) is 3.17. The number of rotatable bonds is 3. The zero-order valence-corrected chi connectivity index (χ0v) is 13.3. The number of aromatic nitrogens is 4. The summed E-state index contributed by atoms with van der Waals surface area (Å²) in [5.41, 5.74) is 5.54. The Bertz CT molecular complexity index is 1010. The van der Waals surface area contributed by atoms with Crippen LogP contribution in [-0.4, -0.2) is 33.2 Å². The minimum atomic E-state index is 0.545. The molecule has 1 unspecified atom stereocenters. The Hall–Kier alpha value is -2.66. The van der Waals surface area contributed by atoms with E-state index in [4.69, 9.17) is 4.74 Å². The van der Waals surface area contributed by atoms with Gasteiger partial charge in [0.25, 0.3) is 0 Å². The number of benzene rings is 2. The molecule has 1 atom stereocenters. The molecule has 3 heterocycles. The fourth-order valence-corrected chi connectivity index (χ4v) is 3.56. The number of aromatic amines is 1. The quantitative estimate of drug-likeness (QED) is 0.628. The smallest absolute Gasteiger partial charge is 0.113 e. The van der Waals surface area contributed by atoms with E-state index in [1.807, 2.05) is 10.7 Å². The highest BCUT2D eigenvalue weighted by Gasteiger charge is 2.18. The van der Waals surface area contributed by atoms with E-state index in [1.54, 1.807) is 0 Å². The molecule has 4 aromatic rings. The molecule has 5 nitrogen and oxygen atoms in total. The van der Waals surface area contributed by atoms with Crippen LogP contribution in [0.15, 0.2) is 48.7 Å². The van der Waals surface area contributed by atoms with Crippen molar-refractivity contribution in [1.82, 2.24) is 20.0 Å². The molecule has 0 saturated carbocycles. The van der Waals surface area contributed by atoms with Gasteiger partial charge in [0.15, 0.2) is 0 Å². The van der Waals surface area contributed by atoms with E-state index in [9.17, 15) is 0 Å². The molecular weight excluding hydrogens is 300 g/mol. The number of hydrogen-bond acceptors (Lipinski definition) is 3. The molecule has 1 fully saturated rings. The van der Waals surface area contributed by atoms with Gasteiger partial charge in [0.2, 0.25) is 0 Å². The van der Waals surface area contributed by atoms with Crippen LogP contribution < -0.4 is 0 Å². The number of fused-ring (bicyclic) bond motifs is 2. The standard InChI is InChI=1S/C19H18N4O/c1-2-4-17-15(3-1)16(10-20-17)14-5-6-19-18(9-14)21-22-23(19)11-13-7-8-24-12-13/h1-6,9-10,13,20H,7-8,11-12H2. The Morgan fingerprint density at radius 2 is 2.17 bits per heavy atom. The monoisotopic (exact) mass is 318 g/mol. The van der Waals surface area contributed by atoms with Crippen LogP contribution in [0.5, 0.6) is 0 Å². The van der Waals surface area contributed by atoms with Gasteiger partial charge in [-0.25, -0.2) is 4.68 Å². The first-order chi connectivity index (χ1) is 11.9. The lowest BCUT2D eigenvalue weighted by Crippen LogP contribution is -2.11. The van der Waals surface area contributed by atoms with E-state index in [2.05, 4.69) is 57.9 Å². The van der Waals surface area contributed by atoms with Crippen molar-refractivity contribution in [3.05, 3.63) is 48.7 Å². The summed E-state index contributed by atoms with van der Waals surface area (Å²) in [7, 11) is 0. The van der Waals surface area contributed by atoms with Crippen LogP contribution >= 0.6 is 0 Å². The predicted molar refractivity (Wildman–Crippen MR) is 93.7 cm³/mol. The maximum absolute atomic E-state index is 5.46. The molecule has 2 aromatic heterocycles. The molecule has 0 amide bonds. The average molecular weight is 318 g/mol.